The van der Waals surface area contributed by atoms with Crippen LogP contribution in [-0.2, 0) is 4.79 Å². The van der Waals surface area contributed by atoms with Crippen molar-refractivity contribution < 1.29 is 9.59 Å². The molecule has 0 fully saturated rings. The molecule has 5 N–H and O–H groups in total. The molecule has 0 radical (unpaired) electrons. The smallest absolute Gasteiger partial charge is 0.251 e. The predicted octanol–water partition coefficient (Wildman–Crippen LogP) is 0.547. The quantitative estimate of drug-likeness (QED) is 0.705. The van der Waals surface area contributed by atoms with Gasteiger partial charge in [-0.2, -0.15) is 0 Å². The van der Waals surface area contributed by atoms with Crippen LogP contribution in [-0.4, -0.2) is 24.9 Å². The fourth-order valence-corrected chi connectivity index (χ4v) is 1.63. The van der Waals surface area contributed by atoms with E-state index in [0.717, 1.165) is 11.1 Å². The Morgan fingerprint density at radius 1 is 1.29 bits per heavy atom. The highest BCUT2D eigenvalue weighted by atomic mass is 16.2. The van der Waals surface area contributed by atoms with Gasteiger partial charge in [0.1, 0.15) is 0 Å². The maximum absolute atomic E-state index is 12.2. The van der Waals surface area contributed by atoms with Gasteiger partial charge in [-0.3, -0.25) is 9.59 Å². The summed E-state index contributed by atoms with van der Waals surface area (Å²) in [5.41, 5.74) is 12.0. The van der Waals surface area contributed by atoms with E-state index in [1.165, 1.54) is 0 Å². The van der Waals surface area contributed by atoms with Crippen LogP contribution in [0.2, 0.25) is 0 Å². The Morgan fingerprint density at radius 2 is 1.95 bits per heavy atom. The number of nitrogens with one attached hydrogen (secondary N) is 1. The summed E-state index contributed by atoms with van der Waals surface area (Å²) in [5.74, 6) is 4.94. The predicted molar refractivity (Wildman–Crippen MR) is 82.4 cm³/mol. The lowest BCUT2D eigenvalue weighted by molar-refractivity contribution is -0.125. The topological polar surface area (TPSA) is 98.2 Å². The summed E-state index contributed by atoms with van der Waals surface area (Å²) in [7, 11) is 0. The van der Waals surface area contributed by atoms with Crippen molar-refractivity contribution in [1.82, 2.24) is 5.32 Å². The average Bonchev–Trinajstić information content (AvgIpc) is 2.41. The molecule has 0 atom stereocenters. The van der Waals surface area contributed by atoms with Crippen molar-refractivity contribution in [2.45, 2.75) is 20.8 Å². The van der Waals surface area contributed by atoms with Crippen LogP contribution in [0.1, 0.15) is 35.3 Å². The van der Waals surface area contributed by atoms with E-state index in [0.29, 0.717) is 5.56 Å². The monoisotopic (exact) mass is 287 g/mol. The van der Waals surface area contributed by atoms with Gasteiger partial charge in [0.15, 0.2) is 0 Å². The Labute approximate surface area is 125 Å². The first-order valence-corrected chi connectivity index (χ1v) is 6.65. The van der Waals surface area contributed by atoms with Crippen molar-refractivity contribution in [2.24, 2.45) is 16.9 Å². The number of benzene rings is 1. The fourth-order valence-electron chi connectivity index (χ4n) is 1.63. The molecule has 5 nitrogen and oxygen atoms in total. The van der Waals surface area contributed by atoms with Crippen LogP contribution < -0.4 is 16.8 Å². The molecule has 21 heavy (non-hydrogen) atoms. The lowest BCUT2D eigenvalue weighted by Gasteiger charge is -2.20. The number of hydrogen-bond acceptors (Lipinski definition) is 3. The van der Waals surface area contributed by atoms with Crippen LogP contribution in [0.5, 0.6) is 0 Å². The number of primary amides is 1. The molecule has 5 heteroatoms. The minimum Gasteiger partial charge on any atom is -0.369 e. The highest BCUT2D eigenvalue weighted by Crippen LogP contribution is 2.13. The van der Waals surface area contributed by atoms with E-state index in [1.807, 2.05) is 13.0 Å². The highest BCUT2D eigenvalue weighted by Gasteiger charge is 2.25. The Bertz CT molecular complexity index is 610. The van der Waals surface area contributed by atoms with Gasteiger partial charge >= 0.3 is 0 Å². The largest absolute Gasteiger partial charge is 0.369 e. The van der Waals surface area contributed by atoms with E-state index in [1.54, 1.807) is 26.0 Å². The molecule has 0 saturated heterocycles. The van der Waals surface area contributed by atoms with Crippen LogP contribution in [0.3, 0.4) is 0 Å². The number of amides is 2. The first-order chi connectivity index (χ1) is 9.76. The molecule has 112 valence electrons. The van der Waals surface area contributed by atoms with Gasteiger partial charge in [-0.25, -0.2) is 0 Å². The summed E-state index contributed by atoms with van der Waals surface area (Å²) in [4.78, 5) is 23.4. The molecule has 0 aromatic heterocycles. The van der Waals surface area contributed by atoms with E-state index in [9.17, 15) is 9.59 Å². The van der Waals surface area contributed by atoms with E-state index in [4.69, 9.17) is 11.5 Å². The van der Waals surface area contributed by atoms with Gasteiger partial charge < -0.3 is 16.8 Å². The first-order valence-electron chi connectivity index (χ1n) is 6.65. The fraction of sp³-hybridized carbons (Fsp3) is 0.375. The maximum atomic E-state index is 12.2. The summed E-state index contributed by atoms with van der Waals surface area (Å²) in [6.45, 7) is 5.70. The Morgan fingerprint density at radius 3 is 2.52 bits per heavy atom. The molecule has 0 saturated carbocycles. The van der Waals surface area contributed by atoms with Crippen molar-refractivity contribution in [3.05, 3.63) is 34.9 Å². The van der Waals surface area contributed by atoms with Gasteiger partial charge in [-0.1, -0.05) is 11.8 Å². The number of aryl methyl sites for hydroxylation is 1. The Hall–Kier alpha value is -2.32. The maximum Gasteiger partial charge on any atom is 0.251 e. The summed E-state index contributed by atoms with van der Waals surface area (Å²) >= 11 is 0. The molecule has 0 bridgehead atoms. The number of nitrogens with two attached hydrogens (primary N) is 2. The third kappa shape index (κ3) is 4.93. The summed E-state index contributed by atoms with van der Waals surface area (Å²) in [6, 6.07) is 5.34. The average molecular weight is 287 g/mol. The van der Waals surface area contributed by atoms with Crippen LogP contribution >= 0.6 is 0 Å². The second-order valence-electron chi connectivity index (χ2n) is 5.52. The standard InChI is InChI=1S/C16H21N3O2/c1-11-7-12(5-4-6-17)9-13(8-11)14(20)19-10-16(2,3)15(18)21/h7-9H,6,10,17H2,1-3H3,(H2,18,21)(H,19,20). The minimum absolute atomic E-state index is 0.179. The van der Waals surface area contributed by atoms with Gasteiger partial charge in [0, 0.05) is 17.7 Å². The third-order valence-electron chi connectivity index (χ3n) is 3.03. The molecule has 0 aliphatic heterocycles. The second kappa shape index (κ2) is 6.91. The zero-order valence-electron chi connectivity index (χ0n) is 12.6. The molecule has 1 rings (SSSR count). The number of hydrogen-bond donors (Lipinski definition) is 3. The molecule has 1 aromatic carbocycles. The summed E-state index contributed by atoms with van der Waals surface area (Å²) in [5, 5.41) is 2.72. The van der Waals surface area contributed by atoms with Crippen LogP contribution in [0, 0.1) is 24.2 Å². The molecule has 0 unspecified atom stereocenters. The lowest BCUT2D eigenvalue weighted by Crippen LogP contribution is -2.42. The van der Waals surface area contributed by atoms with Crippen LogP contribution in [0.15, 0.2) is 18.2 Å². The van der Waals surface area contributed by atoms with Gasteiger partial charge in [0.2, 0.25) is 5.91 Å². The molecular weight excluding hydrogens is 266 g/mol. The molecular formula is C16H21N3O2. The molecule has 1 aromatic rings. The van der Waals surface area contributed by atoms with Crippen molar-refractivity contribution in [3.63, 3.8) is 0 Å². The summed E-state index contributed by atoms with van der Waals surface area (Å²) in [6.07, 6.45) is 0. The van der Waals surface area contributed by atoms with Crippen molar-refractivity contribution in [1.29, 1.82) is 0 Å². The van der Waals surface area contributed by atoms with E-state index in [-0.39, 0.29) is 19.0 Å². The molecule has 0 aliphatic carbocycles. The third-order valence-corrected chi connectivity index (χ3v) is 3.03. The van der Waals surface area contributed by atoms with Gasteiger partial charge in [-0.15, -0.1) is 0 Å². The Kier molecular flexibility index (Phi) is 5.51. The van der Waals surface area contributed by atoms with Gasteiger partial charge in [0.25, 0.3) is 5.91 Å². The second-order valence-corrected chi connectivity index (χ2v) is 5.52. The number of carbonyl (C=O) groups excluding carboxylic acids is 2. The lowest BCUT2D eigenvalue weighted by atomic mass is 9.92. The van der Waals surface area contributed by atoms with E-state index in [2.05, 4.69) is 17.2 Å². The zero-order chi connectivity index (χ0) is 16.0. The zero-order valence-corrected chi connectivity index (χ0v) is 12.6. The van der Waals surface area contributed by atoms with Crippen molar-refractivity contribution in [3.8, 4) is 11.8 Å². The van der Waals surface area contributed by atoms with E-state index < -0.39 is 11.3 Å². The van der Waals surface area contributed by atoms with Gasteiger partial charge in [-0.05, 0) is 44.5 Å². The molecule has 0 spiro atoms. The molecule has 0 heterocycles. The van der Waals surface area contributed by atoms with Crippen molar-refractivity contribution in [2.75, 3.05) is 13.1 Å². The first kappa shape index (κ1) is 16.7. The summed E-state index contributed by atoms with van der Waals surface area (Å²) < 4.78 is 0. The van der Waals surface area contributed by atoms with Crippen LogP contribution in [0.25, 0.3) is 0 Å². The van der Waals surface area contributed by atoms with E-state index >= 15 is 0 Å². The normalized spacial score (nSPS) is 10.5. The highest BCUT2D eigenvalue weighted by molar-refractivity contribution is 5.95. The van der Waals surface area contributed by atoms with Crippen LogP contribution in [0.4, 0.5) is 0 Å². The number of rotatable bonds is 4. The molecule has 0 aliphatic rings. The van der Waals surface area contributed by atoms with Gasteiger partial charge in [0.05, 0.1) is 12.0 Å². The Balaban J connectivity index is 2.88. The SMILES string of the molecule is Cc1cc(C#CCN)cc(C(=O)NCC(C)(C)C(N)=O)c1. The van der Waals surface area contributed by atoms with Crippen molar-refractivity contribution >= 4 is 11.8 Å². The molecule has 2 amide bonds. The number of carbonyl (C=O) groups is 2. The minimum atomic E-state index is -0.790.